The number of methoxy groups -OCH3 is 1. The van der Waals surface area contributed by atoms with Crippen LogP contribution >= 0.6 is 15.9 Å². The second-order valence-corrected chi connectivity index (χ2v) is 7.40. The highest BCUT2D eigenvalue weighted by molar-refractivity contribution is 9.10. The van der Waals surface area contributed by atoms with Crippen molar-refractivity contribution in [2.45, 2.75) is 19.4 Å². The third-order valence-electron chi connectivity index (χ3n) is 4.51. The minimum atomic E-state index is -0.104. The van der Waals surface area contributed by atoms with E-state index >= 15 is 0 Å². The van der Waals surface area contributed by atoms with Crippen molar-refractivity contribution in [1.82, 2.24) is 4.90 Å². The normalized spacial score (nSPS) is 12.4. The first-order valence-corrected chi connectivity index (χ1v) is 9.76. The molecule has 0 fully saturated rings. The van der Waals surface area contributed by atoms with E-state index in [2.05, 4.69) is 15.9 Å². The maximum absolute atomic E-state index is 12.5. The number of Topliss-reactive ketones (excluding diaryl/α,β-unsaturated/α-hetero) is 1. The Morgan fingerprint density at radius 2 is 1.82 bits per heavy atom. The summed E-state index contributed by atoms with van der Waals surface area (Å²) in [6.07, 6.45) is 0.276. The van der Waals surface area contributed by atoms with Gasteiger partial charge < -0.3 is 19.1 Å². The molecule has 3 rings (SSSR count). The van der Waals surface area contributed by atoms with Crippen LogP contribution in [0.15, 0.2) is 40.9 Å². The molecular weight excluding hydrogens is 426 g/mol. The fraction of sp³-hybridized carbons (Fsp3) is 0.333. The topological polar surface area (TPSA) is 65.1 Å². The summed E-state index contributed by atoms with van der Waals surface area (Å²) in [5.41, 5.74) is 1.42. The van der Waals surface area contributed by atoms with Crippen molar-refractivity contribution >= 4 is 27.6 Å². The van der Waals surface area contributed by atoms with Crippen LogP contribution in [0.4, 0.5) is 0 Å². The van der Waals surface area contributed by atoms with Crippen molar-refractivity contribution in [2.24, 2.45) is 0 Å². The van der Waals surface area contributed by atoms with Gasteiger partial charge in [0.2, 0.25) is 5.91 Å². The molecule has 28 heavy (non-hydrogen) atoms. The number of carbonyl (C=O) groups excluding carboxylic acids is 2. The number of hydrogen-bond donors (Lipinski definition) is 0. The molecule has 0 bridgehead atoms. The molecule has 148 valence electrons. The third kappa shape index (κ3) is 4.84. The smallest absolute Gasteiger partial charge is 0.223 e. The van der Waals surface area contributed by atoms with Crippen molar-refractivity contribution in [1.29, 1.82) is 0 Å². The van der Waals surface area contributed by atoms with E-state index in [-0.39, 0.29) is 24.5 Å². The molecule has 0 aromatic heterocycles. The molecule has 0 N–H and O–H groups in total. The van der Waals surface area contributed by atoms with Crippen LogP contribution in [-0.4, -0.2) is 44.0 Å². The van der Waals surface area contributed by atoms with Crippen molar-refractivity contribution in [3.05, 3.63) is 52.0 Å². The maximum Gasteiger partial charge on any atom is 0.223 e. The van der Waals surface area contributed by atoms with E-state index in [0.717, 1.165) is 15.8 Å². The standard InChI is InChI=1S/C21H22BrNO5/c1-23(13-15-11-16(22)4-7-18(15)26-2)21(25)8-5-17(24)14-3-6-19-20(12-14)28-10-9-27-19/h3-4,6-7,11-12H,5,8-10,13H2,1-2H3. The van der Waals surface area contributed by atoms with Crippen molar-refractivity contribution < 1.29 is 23.8 Å². The average molecular weight is 448 g/mol. The number of nitrogens with zero attached hydrogens (tertiary/aromatic N) is 1. The van der Waals surface area contributed by atoms with Gasteiger partial charge in [-0.1, -0.05) is 15.9 Å². The number of ketones is 1. The quantitative estimate of drug-likeness (QED) is 0.603. The van der Waals surface area contributed by atoms with Crippen LogP contribution in [0.3, 0.4) is 0 Å². The van der Waals surface area contributed by atoms with Crippen LogP contribution in [0.25, 0.3) is 0 Å². The first-order valence-electron chi connectivity index (χ1n) is 8.97. The molecule has 0 spiro atoms. The molecule has 0 atom stereocenters. The second kappa shape index (κ2) is 9.10. The van der Waals surface area contributed by atoms with Crippen LogP contribution in [0.1, 0.15) is 28.8 Å². The summed E-state index contributed by atoms with van der Waals surface area (Å²) in [6, 6.07) is 10.8. The molecule has 0 radical (unpaired) electrons. The monoisotopic (exact) mass is 447 g/mol. The van der Waals surface area contributed by atoms with E-state index < -0.39 is 0 Å². The van der Waals surface area contributed by atoms with Gasteiger partial charge in [-0.25, -0.2) is 0 Å². The molecule has 2 aromatic rings. The van der Waals surface area contributed by atoms with Crippen LogP contribution < -0.4 is 14.2 Å². The van der Waals surface area contributed by atoms with E-state index in [9.17, 15) is 9.59 Å². The van der Waals surface area contributed by atoms with E-state index in [1.54, 1.807) is 37.3 Å². The summed E-state index contributed by atoms with van der Waals surface area (Å²) in [6.45, 7) is 1.37. The minimum Gasteiger partial charge on any atom is -0.496 e. The van der Waals surface area contributed by atoms with E-state index in [1.807, 2.05) is 18.2 Å². The van der Waals surface area contributed by atoms with Gasteiger partial charge in [-0.15, -0.1) is 0 Å². The van der Waals surface area contributed by atoms with Crippen LogP contribution in [0.2, 0.25) is 0 Å². The number of ether oxygens (including phenoxy) is 3. The molecule has 7 heteroatoms. The van der Waals surface area contributed by atoms with Gasteiger partial charge in [0.1, 0.15) is 19.0 Å². The molecule has 0 unspecified atom stereocenters. The maximum atomic E-state index is 12.5. The summed E-state index contributed by atoms with van der Waals surface area (Å²) < 4.78 is 17.2. The van der Waals surface area contributed by atoms with Crippen LogP contribution in [-0.2, 0) is 11.3 Å². The highest BCUT2D eigenvalue weighted by atomic mass is 79.9. The predicted octanol–water partition coefficient (Wildman–Crippen LogP) is 3.85. The van der Waals surface area contributed by atoms with Crippen molar-refractivity contribution in [2.75, 3.05) is 27.4 Å². The number of halogens is 1. The van der Waals surface area contributed by atoms with E-state index in [4.69, 9.17) is 14.2 Å². The number of hydrogen-bond acceptors (Lipinski definition) is 5. The van der Waals surface area contributed by atoms with Gasteiger partial charge in [0.05, 0.1) is 7.11 Å². The Morgan fingerprint density at radius 1 is 1.07 bits per heavy atom. The lowest BCUT2D eigenvalue weighted by molar-refractivity contribution is -0.130. The number of rotatable bonds is 7. The van der Waals surface area contributed by atoms with Crippen LogP contribution in [0.5, 0.6) is 17.2 Å². The fourth-order valence-electron chi connectivity index (χ4n) is 2.99. The van der Waals surface area contributed by atoms with Gasteiger partial charge in [-0.3, -0.25) is 9.59 Å². The molecule has 0 saturated heterocycles. The van der Waals surface area contributed by atoms with Gasteiger partial charge in [-0.05, 0) is 36.4 Å². The minimum absolute atomic E-state index is 0.0984. The number of fused-ring (bicyclic) bond motifs is 1. The van der Waals surface area contributed by atoms with Crippen molar-refractivity contribution in [3.63, 3.8) is 0 Å². The van der Waals surface area contributed by atoms with E-state index in [0.29, 0.717) is 36.8 Å². The molecule has 0 aliphatic carbocycles. The Hall–Kier alpha value is -2.54. The summed E-state index contributed by atoms with van der Waals surface area (Å²) >= 11 is 3.43. The molecular formula is C21H22BrNO5. The number of carbonyl (C=O) groups is 2. The van der Waals surface area contributed by atoms with E-state index in [1.165, 1.54) is 0 Å². The summed E-state index contributed by atoms with van der Waals surface area (Å²) in [5, 5.41) is 0. The Morgan fingerprint density at radius 3 is 2.57 bits per heavy atom. The first kappa shape index (κ1) is 20.2. The molecule has 1 aliphatic heterocycles. The average Bonchev–Trinajstić information content (AvgIpc) is 2.71. The Kier molecular flexibility index (Phi) is 6.57. The molecule has 1 aliphatic rings. The molecule has 6 nitrogen and oxygen atoms in total. The highest BCUT2D eigenvalue weighted by Crippen LogP contribution is 2.31. The van der Waals surface area contributed by atoms with Gasteiger partial charge in [-0.2, -0.15) is 0 Å². The Labute approximate surface area is 172 Å². The number of amides is 1. The molecule has 2 aromatic carbocycles. The highest BCUT2D eigenvalue weighted by Gasteiger charge is 2.18. The lowest BCUT2D eigenvalue weighted by Crippen LogP contribution is -2.26. The second-order valence-electron chi connectivity index (χ2n) is 6.49. The van der Waals surface area contributed by atoms with Crippen LogP contribution in [0, 0.1) is 0 Å². The van der Waals surface area contributed by atoms with Gasteiger partial charge in [0, 0.05) is 42.0 Å². The predicted molar refractivity (Wildman–Crippen MR) is 108 cm³/mol. The van der Waals surface area contributed by atoms with Gasteiger partial charge in [0.25, 0.3) is 0 Å². The largest absolute Gasteiger partial charge is 0.496 e. The van der Waals surface area contributed by atoms with Crippen molar-refractivity contribution in [3.8, 4) is 17.2 Å². The fourth-order valence-corrected chi connectivity index (χ4v) is 3.40. The summed E-state index contributed by atoms with van der Waals surface area (Å²) in [4.78, 5) is 26.5. The molecule has 0 saturated carbocycles. The van der Waals surface area contributed by atoms with Gasteiger partial charge >= 0.3 is 0 Å². The lowest BCUT2D eigenvalue weighted by Gasteiger charge is -2.19. The molecule has 1 heterocycles. The van der Waals surface area contributed by atoms with Gasteiger partial charge in [0.15, 0.2) is 17.3 Å². The Balaban J connectivity index is 1.57. The molecule has 1 amide bonds. The third-order valence-corrected chi connectivity index (χ3v) is 5.00. The SMILES string of the molecule is COc1ccc(Br)cc1CN(C)C(=O)CCC(=O)c1ccc2c(c1)OCCO2. The zero-order valence-electron chi connectivity index (χ0n) is 15.9. The Bertz CT molecular complexity index is 883. The lowest BCUT2D eigenvalue weighted by atomic mass is 10.1. The number of benzene rings is 2. The summed E-state index contributed by atoms with van der Waals surface area (Å²) in [5.74, 6) is 1.73. The zero-order valence-corrected chi connectivity index (χ0v) is 17.5. The zero-order chi connectivity index (χ0) is 20.1. The first-order chi connectivity index (χ1) is 13.5. The summed E-state index contributed by atoms with van der Waals surface area (Å²) in [7, 11) is 3.32.